The van der Waals surface area contributed by atoms with Crippen LogP contribution in [0.4, 0.5) is 5.69 Å². The molecule has 1 spiro atoms. The molecule has 142 valence electrons. The van der Waals surface area contributed by atoms with Gasteiger partial charge in [-0.05, 0) is 29.8 Å². The van der Waals surface area contributed by atoms with Crippen LogP contribution in [-0.4, -0.2) is 13.2 Å². The lowest BCUT2D eigenvalue weighted by molar-refractivity contribution is 0.298. The molecule has 4 aromatic rings. The van der Waals surface area contributed by atoms with Crippen LogP contribution in [0.3, 0.4) is 0 Å². The maximum absolute atomic E-state index is 11.5. The zero-order valence-electron chi connectivity index (χ0n) is 15.2. The first-order valence-electron chi connectivity index (χ1n) is 9.20. The van der Waals surface area contributed by atoms with Crippen molar-refractivity contribution in [1.82, 2.24) is 0 Å². The topological polar surface area (TPSA) is 79.6 Å². The van der Waals surface area contributed by atoms with Crippen molar-refractivity contribution in [3.63, 3.8) is 0 Å². The predicted molar refractivity (Wildman–Crippen MR) is 108 cm³/mol. The summed E-state index contributed by atoms with van der Waals surface area (Å²) in [5, 5.41) is 9.13. The largest absolute Gasteiger partial charge is 0.519 e. The van der Waals surface area contributed by atoms with E-state index < -0.39 is 5.82 Å². The molecule has 29 heavy (non-hydrogen) atoms. The molecule has 0 saturated carbocycles. The first-order chi connectivity index (χ1) is 14.2. The molecule has 6 nitrogen and oxygen atoms in total. The van der Waals surface area contributed by atoms with Gasteiger partial charge in [0.05, 0.1) is 12.0 Å². The smallest absolute Gasteiger partial charge is 0.492 e. The molecule has 0 aliphatic carbocycles. The van der Waals surface area contributed by atoms with Crippen LogP contribution in [0.5, 0.6) is 5.75 Å². The Morgan fingerprint density at radius 2 is 1.93 bits per heavy atom. The fourth-order valence-corrected chi connectivity index (χ4v) is 5.35. The summed E-state index contributed by atoms with van der Waals surface area (Å²) >= 11 is 1.52. The van der Waals surface area contributed by atoms with Gasteiger partial charge >= 0.3 is 5.82 Å². The van der Waals surface area contributed by atoms with Gasteiger partial charge in [-0.2, -0.15) is 5.26 Å². The van der Waals surface area contributed by atoms with E-state index in [0.717, 1.165) is 35.0 Å². The highest BCUT2D eigenvalue weighted by Crippen LogP contribution is 2.52. The molecular formula is C22H14N2O4S. The maximum atomic E-state index is 11.5. The summed E-state index contributed by atoms with van der Waals surface area (Å²) in [6.45, 7) is 1.98. The Morgan fingerprint density at radius 1 is 1.10 bits per heavy atom. The second-order valence-electron chi connectivity index (χ2n) is 7.37. The van der Waals surface area contributed by atoms with Crippen molar-refractivity contribution in [2.45, 2.75) is 12.0 Å². The summed E-state index contributed by atoms with van der Waals surface area (Å²) in [4.78, 5) is 15.7. The molecule has 1 unspecified atom stereocenters. The van der Waals surface area contributed by atoms with E-state index in [0.29, 0.717) is 22.7 Å². The van der Waals surface area contributed by atoms with Gasteiger partial charge in [0.2, 0.25) is 0 Å². The average molecular weight is 402 g/mol. The van der Waals surface area contributed by atoms with Crippen LogP contribution in [0.15, 0.2) is 62.2 Å². The van der Waals surface area contributed by atoms with Crippen LogP contribution in [0.1, 0.15) is 20.9 Å². The quantitative estimate of drug-likeness (QED) is 0.504. The van der Waals surface area contributed by atoms with Crippen molar-refractivity contribution in [3.05, 3.63) is 80.0 Å². The van der Waals surface area contributed by atoms with Crippen molar-refractivity contribution in [2.24, 2.45) is 0 Å². The maximum Gasteiger partial charge on any atom is 0.519 e. The minimum absolute atomic E-state index is 0.342. The molecule has 0 bridgehead atoms. The standard InChI is InChI=1S/C22H14N2O4S/c23-9-13-5-6-14(29-13)10-24-11-22(15-3-1-2-4-17(15)24)12-26-18-8-20-19(7-16(18)22)27-21(25)28-20/h1-8H,10-12H2. The van der Waals surface area contributed by atoms with Crippen molar-refractivity contribution in [3.8, 4) is 11.8 Å². The molecule has 0 fully saturated rings. The van der Waals surface area contributed by atoms with E-state index in [1.54, 1.807) is 6.07 Å². The van der Waals surface area contributed by atoms with Crippen LogP contribution >= 0.6 is 11.3 Å². The fraction of sp³-hybridized carbons (Fsp3) is 0.182. The second-order valence-corrected chi connectivity index (χ2v) is 8.54. The van der Waals surface area contributed by atoms with E-state index in [9.17, 15) is 4.79 Å². The van der Waals surface area contributed by atoms with Crippen molar-refractivity contribution < 1.29 is 13.6 Å². The van der Waals surface area contributed by atoms with E-state index >= 15 is 0 Å². The van der Waals surface area contributed by atoms with Gasteiger partial charge in [-0.25, -0.2) is 4.79 Å². The highest BCUT2D eigenvalue weighted by atomic mass is 32.1. The van der Waals surface area contributed by atoms with Gasteiger partial charge in [0.25, 0.3) is 0 Å². The molecule has 0 saturated heterocycles. The number of anilines is 1. The number of nitriles is 1. The number of nitrogens with zero attached hydrogens (tertiary/aromatic N) is 2. The second kappa shape index (κ2) is 5.75. The molecule has 0 radical (unpaired) electrons. The lowest BCUT2D eigenvalue weighted by atomic mass is 9.78. The normalized spacial score (nSPS) is 19.3. The minimum Gasteiger partial charge on any atom is -0.492 e. The fourth-order valence-electron chi connectivity index (χ4n) is 4.53. The van der Waals surface area contributed by atoms with Gasteiger partial charge in [0, 0.05) is 28.7 Å². The molecule has 2 aromatic heterocycles. The van der Waals surface area contributed by atoms with E-state index in [1.165, 1.54) is 16.9 Å². The Labute approximate surface area is 169 Å². The molecule has 0 N–H and O–H groups in total. The molecule has 0 amide bonds. The van der Waals surface area contributed by atoms with E-state index in [1.807, 2.05) is 30.3 Å². The van der Waals surface area contributed by atoms with Crippen LogP contribution in [0.25, 0.3) is 11.2 Å². The zero-order valence-corrected chi connectivity index (χ0v) is 16.0. The number of para-hydroxylation sites is 1. The molecule has 2 aliphatic rings. The molecule has 7 heteroatoms. The van der Waals surface area contributed by atoms with Crippen molar-refractivity contribution in [1.29, 1.82) is 5.26 Å². The van der Waals surface area contributed by atoms with Crippen LogP contribution < -0.4 is 15.5 Å². The monoisotopic (exact) mass is 402 g/mol. The summed E-state index contributed by atoms with van der Waals surface area (Å²) in [6, 6.07) is 18.0. The summed E-state index contributed by atoms with van der Waals surface area (Å²) in [5.41, 5.74) is 3.85. The third-order valence-corrected chi connectivity index (χ3v) is 6.74. The summed E-state index contributed by atoms with van der Waals surface area (Å²) in [7, 11) is 0. The Hall–Kier alpha value is -3.50. The summed E-state index contributed by atoms with van der Waals surface area (Å²) in [5.74, 6) is 0.0127. The third-order valence-electron chi connectivity index (χ3n) is 5.76. The lowest BCUT2D eigenvalue weighted by Crippen LogP contribution is -2.35. The number of thiophene rings is 1. The number of hydrogen-bond donors (Lipinski definition) is 0. The Balaban J connectivity index is 1.47. The molecular weight excluding hydrogens is 388 g/mol. The number of hydrogen-bond acceptors (Lipinski definition) is 7. The van der Waals surface area contributed by atoms with E-state index in [2.05, 4.69) is 23.1 Å². The van der Waals surface area contributed by atoms with Gasteiger partial charge in [-0.3, -0.25) is 0 Å². The van der Waals surface area contributed by atoms with Crippen LogP contribution in [-0.2, 0) is 12.0 Å². The molecule has 1 atom stereocenters. The molecule has 6 rings (SSSR count). The third kappa shape index (κ3) is 2.30. The minimum atomic E-state index is -0.711. The molecule has 2 aromatic carbocycles. The van der Waals surface area contributed by atoms with E-state index in [-0.39, 0.29) is 5.41 Å². The zero-order chi connectivity index (χ0) is 19.6. The first kappa shape index (κ1) is 16.5. The van der Waals surface area contributed by atoms with Gasteiger partial charge in [-0.1, -0.05) is 18.2 Å². The highest BCUT2D eigenvalue weighted by Gasteiger charge is 2.50. The van der Waals surface area contributed by atoms with Gasteiger partial charge in [-0.15, -0.1) is 11.3 Å². The Morgan fingerprint density at radius 3 is 2.76 bits per heavy atom. The van der Waals surface area contributed by atoms with Crippen molar-refractivity contribution in [2.75, 3.05) is 18.1 Å². The first-order valence-corrected chi connectivity index (χ1v) is 10.0. The molecule has 2 aliphatic heterocycles. The van der Waals surface area contributed by atoms with E-state index in [4.69, 9.17) is 18.8 Å². The summed E-state index contributed by atoms with van der Waals surface area (Å²) < 4.78 is 16.3. The van der Waals surface area contributed by atoms with Gasteiger partial charge in [0.15, 0.2) is 11.2 Å². The summed E-state index contributed by atoms with van der Waals surface area (Å²) in [6.07, 6.45) is 0. The number of benzene rings is 2. The van der Waals surface area contributed by atoms with Gasteiger partial charge < -0.3 is 18.5 Å². The number of fused-ring (bicyclic) bond motifs is 5. The SMILES string of the molecule is N#Cc1ccc(CN2CC3(COc4cc5oc(=O)oc5cc43)c3ccccc32)s1. The highest BCUT2D eigenvalue weighted by molar-refractivity contribution is 7.12. The average Bonchev–Trinajstić information content (AvgIpc) is 3.48. The van der Waals surface area contributed by atoms with Crippen molar-refractivity contribution >= 4 is 28.2 Å². The Kier molecular flexibility index (Phi) is 3.26. The number of rotatable bonds is 2. The Bertz CT molecular complexity index is 1380. The lowest BCUT2D eigenvalue weighted by Gasteiger charge is -2.24. The molecule has 4 heterocycles. The number of ether oxygens (including phenoxy) is 1. The van der Waals surface area contributed by atoms with Crippen LogP contribution in [0.2, 0.25) is 0 Å². The van der Waals surface area contributed by atoms with Crippen LogP contribution in [0, 0.1) is 11.3 Å². The predicted octanol–water partition coefficient (Wildman–Crippen LogP) is 4.02. The van der Waals surface area contributed by atoms with Gasteiger partial charge in [0.1, 0.15) is 23.3 Å².